The largest absolute Gasteiger partial charge is 0.480 e. The standard InChI is InChI=1S/C9H15NO2S/c1-6(2)4-5-8(13)10-7(3)9(11)12/h4-7H,1-3H3,(H,10,13)(H,11,12)/b5-4+/t7-/m1/s1. The monoisotopic (exact) mass is 201 g/mol. The van der Waals surface area contributed by atoms with E-state index in [2.05, 4.69) is 5.32 Å². The highest BCUT2D eigenvalue weighted by molar-refractivity contribution is 7.80. The molecule has 0 unspecified atom stereocenters. The first-order valence-electron chi connectivity index (χ1n) is 4.15. The van der Waals surface area contributed by atoms with Crippen LogP contribution in [0, 0.1) is 5.92 Å². The molecule has 0 aromatic rings. The van der Waals surface area contributed by atoms with Crippen LogP contribution < -0.4 is 5.32 Å². The van der Waals surface area contributed by atoms with Crippen LogP contribution in [0.5, 0.6) is 0 Å². The molecule has 1 atom stereocenters. The van der Waals surface area contributed by atoms with E-state index in [0.29, 0.717) is 10.9 Å². The Balaban J connectivity index is 3.95. The average Bonchev–Trinajstić information content (AvgIpc) is 2.00. The molecule has 13 heavy (non-hydrogen) atoms. The van der Waals surface area contributed by atoms with Gasteiger partial charge in [0.15, 0.2) is 0 Å². The summed E-state index contributed by atoms with van der Waals surface area (Å²) in [4.78, 5) is 10.9. The van der Waals surface area contributed by atoms with Gasteiger partial charge in [0.25, 0.3) is 0 Å². The number of hydrogen-bond acceptors (Lipinski definition) is 2. The molecule has 0 aliphatic rings. The lowest BCUT2D eigenvalue weighted by Gasteiger charge is -2.08. The van der Waals surface area contributed by atoms with Crippen molar-refractivity contribution in [2.24, 2.45) is 5.92 Å². The highest BCUT2D eigenvalue weighted by Gasteiger charge is 2.09. The third-order valence-corrected chi connectivity index (χ3v) is 1.62. The van der Waals surface area contributed by atoms with Gasteiger partial charge in [0.2, 0.25) is 0 Å². The highest BCUT2D eigenvalue weighted by Crippen LogP contribution is 1.94. The lowest BCUT2D eigenvalue weighted by Crippen LogP contribution is -2.36. The van der Waals surface area contributed by atoms with Crippen LogP contribution in [0.4, 0.5) is 0 Å². The summed E-state index contributed by atoms with van der Waals surface area (Å²) < 4.78 is 0. The molecule has 3 nitrogen and oxygen atoms in total. The topological polar surface area (TPSA) is 49.3 Å². The molecule has 0 fully saturated rings. The Morgan fingerprint density at radius 1 is 1.46 bits per heavy atom. The number of allylic oxidation sites excluding steroid dienone is 1. The maximum Gasteiger partial charge on any atom is 0.325 e. The Labute approximate surface area is 83.8 Å². The van der Waals surface area contributed by atoms with Gasteiger partial charge in [-0.3, -0.25) is 4.79 Å². The lowest BCUT2D eigenvalue weighted by molar-refractivity contribution is -0.138. The maximum atomic E-state index is 10.4. The lowest BCUT2D eigenvalue weighted by atomic mass is 10.2. The van der Waals surface area contributed by atoms with E-state index in [9.17, 15) is 4.79 Å². The Hall–Kier alpha value is -0.900. The molecule has 0 saturated carbocycles. The van der Waals surface area contributed by atoms with Crippen LogP contribution in [0.1, 0.15) is 20.8 Å². The van der Waals surface area contributed by atoms with Crippen molar-refractivity contribution in [3.05, 3.63) is 12.2 Å². The van der Waals surface area contributed by atoms with Crippen molar-refractivity contribution >= 4 is 23.2 Å². The molecule has 0 heterocycles. The van der Waals surface area contributed by atoms with E-state index in [1.54, 1.807) is 13.0 Å². The first kappa shape index (κ1) is 12.1. The summed E-state index contributed by atoms with van der Waals surface area (Å²) in [5.74, 6) is -0.486. The fourth-order valence-corrected chi connectivity index (χ4v) is 0.858. The van der Waals surface area contributed by atoms with Crippen LogP contribution >= 0.6 is 12.2 Å². The van der Waals surface area contributed by atoms with Gasteiger partial charge in [-0.05, 0) is 18.9 Å². The molecule has 0 rings (SSSR count). The average molecular weight is 201 g/mol. The van der Waals surface area contributed by atoms with Gasteiger partial charge in [0.1, 0.15) is 6.04 Å². The van der Waals surface area contributed by atoms with Crippen molar-refractivity contribution in [3.63, 3.8) is 0 Å². The number of carboxylic acid groups (broad SMARTS) is 1. The van der Waals surface area contributed by atoms with Crippen LogP contribution in [0.15, 0.2) is 12.2 Å². The molecule has 74 valence electrons. The fraction of sp³-hybridized carbons (Fsp3) is 0.556. The molecule has 2 N–H and O–H groups in total. The Morgan fingerprint density at radius 2 is 2.00 bits per heavy atom. The minimum absolute atomic E-state index is 0.417. The second-order valence-corrected chi connectivity index (χ2v) is 3.61. The molecule has 0 aliphatic carbocycles. The third-order valence-electron chi connectivity index (χ3n) is 1.36. The summed E-state index contributed by atoms with van der Waals surface area (Å²) in [5.41, 5.74) is 0. The summed E-state index contributed by atoms with van der Waals surface area (Å²) in [6.45, 7) is 5.61. The molecule has 0 radical (unpaired) electrons. The van der Waals surface area contributed by atoms with Crippen molar-refractivity contribution in [2.75, 3.05) is 0 Å². The van der Waals surface area contributed by atoms with Crippen molar-refractivity contribution in [1.82, 2.24) is 5.32 Å². The zero-order valence-corrected chi connectivity index (χ0v) is 8.89. The number of hydrogen-bond donors (Lipinski definition) is 2. The van der Waals surface area contributed by atoms with Crippen molar-refractivity contribution in [3.8, 4) is 0 Å². The summed E-state index contributed by atoms with van der Waals surface area (Å²) in [6, 6.07) is -0.635. The Kier molecular flexibility index (Phi) is 5.30. The van der Waals surface area contributed by atoms with E-state index in [-0.39, 0.29) is 0 Å². The minimum atomic E-state index is -0.903. The van der Waals surface area contributed by atoms with Gasteiger partial charge in [0, 0.05) is 0 Å². The molecular formula is C9H15NO2S. The van der Waals surface area contributed by atoms with Gasteiger partial charge >= 0.3 is 5.97 Å². The molecule has 0 aliphatic heterocycles. The van der Waals surface area contributed by atoms with Gasteiger partial charge in [0.05, 0.1) is 4.99 Å². The van der Waals surface area contributed by atoms with Crippen LogP contribution in [-0.4, -0.2) is 22.1 Å². The maximum absolute atomic E-state index is 10.4. The molecule has 0 aromatic carbocycles. The van der Waals surface area contributed by atoms with Crippen molar-refractivity contribution in [1.29, 1.82) is 0 Å². The van der Waals surface area contributed by atoms with Gasteiger partial charge in [-0.2, -0.15) is 0 Å². The van der Waals surface area contributed by atoms with Gasteiger partial charge in [-0.1, -0.05) is 32.1 Å². The second kappa shape index (κ2) is 5.70. The molecule has 0 spiro atoms. The predicted molar refractivity (Wildman–Crippen MR) is 56.8 cm³/mol. The zero-order chi connectivity index (χ0) is 10.4. The van der Waals surface area contributed by atoms with Crippen LogP contribution in [0.25, 0.3) is 0 Å². The predicted octanol–water partition coefficient (Wildman–Crippen LogP) is 1.59. The summed E-state index contributed by atoms with van der Waals surface area (Å²) in [7, 11) is 0. The highest BCUT2D eigenvalue weighted by atomic mass is 32.1. The molecule has 0 amide bonds. The summed E-state index contributed by atoms with van der Waals surface area (Å²) in [5, 5.41) is 11.2. The fourth-order valence-electron chi connectivity index (χ4n) is 0.603. The van der Waals surface area contributed by atoms with Crippen LogP contribution in [0.2, 0.25) is 0 Å². The Bertz CT molecular complexity index is 224. The van der Waals surface area contributed by atoms with Gasteiger partial charge in [-0.25, -0.2) is 0 Å². The summed E-state index contributed by atoms with van der Waals surface area (Å²) >= 11 is 4.91. The molecular weight excluding hydrogens is 186 g/mol. The Morgan fingerprint density at radius 3 is 2.38 bits per heavy atom. The van der Waals surface area contributed by atoms with Gasteiger partial charge < -0.3 is 10.4 Å². The SMILES string of the molecule is CC(C)/C=C/C(=S)N[C@H](C)C(=O)O. The van der Waals surface area contributed by atoms with E-state index in [1.807, 2.05) is 19.9 Å². The van der Waals surface area contributed by atoms with E-state index in [4.69, 9.17) is 17.3 Å². The smallest absolute Gasteiger partial charge is 0.325 e. The van der Waals surface area contributed by atoms with E-state index in [1.165, 1.54) is 0 Å². The minimum Gasteiger partial charge on any atom is -0.480 e. The van der Waals surface area contributed by atoms with E-state index < -0.39 is 12.0 Å². The molecule has 0 aromatic heterocycles. The van der Waals surface area contributed by atoms with E-state index in [0.717, 1.165) is 0 Å². The van der Waals surface area contributed by atoms with Gasteiger partial charge in [-0.15, -0.1) is 0 Å². The number of carboxylic acids is 1. The van der Waals surface area contributed by atoms with Crippen LogP contribution in [-0.2, 0) is 4.79 Å². The first-order chi connectivity index (χ1) is 5.93. The number of aliphatic carboxylic acids is 1. The van der Waals surface area contributed by atoms with Crippen molar-refractivity contribution < 1.29 is 9.90 Å². The molecule has 0 bridgehead atoms. The third kappa shape index (κ3) is 6.28. The number of carbonyl (C=O) groups is 1. The summed E-state index contributed by atoms with van der Waals surface area (Å²) in [6.07, 6.45) is 3.64. The number of nitrogens with one attached hydrogen (secondary N) is 1. The molecule has 0 saturated heterocycles. The van der Waals surface area contributed by atoms with E-state index >= 15 is 0 Å². The second-order valence-electron chi connectivity index (χ2n) is 3.17. The molecule has 4 heteroatoms. The number of thiocarbonyl (C=S) groups is 1. The quantitative estimate of drug-likeness (QED) is 0.535. The normalized spacial score (nSPS) is 13.2. The number of rotatable bonds is 4. The first-order valence-corrected chi connectivity index (χ1v) is 4.55. The zero-order valence-electron chi connectivity index (χ0n) is 8.07. The van der Waals surface area contributed by atoms with Crippen molar-refractivity contribution in [2.45, 2.75) is 26.8 Å². The van der Waals surface area contributed by atoms with Crippen LogP contribution in [0.3, 0.4) is 0 Å².